The third kappa shape index (κ3) is 2.34. The second-order valence-electron chi connectivity index (χ2n) is 4.00. The van der Waals surface area contributed by atoms with Gasteiger partial charge in [-0.2, -0.15) is 9.78 Å². The van der Waals surface area contributed by atoms with Crippen LogP contribution in [-0.2, 0) is 0 Å². The molecule has 0 radical (unpaired) electrons. The molecule has 0 saturated carbocycles. The maximum atomic E-state index is 13.8. The molecule has 0 bridgehead atoms. The maximum Gasteiger partial charge on any atom is 0.284 e. The molecule has 0 aliphatic carbocycles. The summed E-state index contributed by atoms with van der Waals surface area (Å²) in [5.74, 6) is -1.19. The second-order valence-corrected chi connectivity index (χ2v) is 4.37. The van der Waals surface area contributed by atoms with Gasteiger partial charge in [0.25, 0.3) is 16.3 Å². The molecule has 3 rings (SSSR count). The first kappa shape index (κ1) is 13.2. The molecule has 106 valence electrons. The van der Waals surface area contributed by atoms with Crippen LogP contribution >= 0.6 is 12.2 Å². The molecule has 2 N–H and O–H groups in total. The van der Waals surface area contributed by atoms with Crippen molar-refractivity contribution in [3.63, 3.8) is 0 Å². The van der Waals surface area contributed by atoms with Gasteiger partial charge in [0, 0.05) is 6.07 Å². The molecule has 0 atom stereocenters. The zero-order valence-corrected chi connectivity index (χ0v) is 11.1. The Morgan fingerprint density at radius 3 is 2.81 bits per heavy atom. The van der Waals surface area contributed by atoms with Crippen molar-refractivity contribution in [3.05, 3.63) is 51.3 Å². The fourth-order valence-corrected chi connectivity index (χ4v) is 1.85. The van der Waals surface area contributed by atoms with Gasteiger partial charge in [-0.3, -0.25) is 4.79 Å². The average Bonchev–Trinajstić information content (AvgIpc) is 2.86. The van der Waals surface area contributed by atoms with Crippen molar-refractivity contribution in [1.29, 1.82) is 0 Å². The molecule has 21 heavy (non-hydrogen) atoms. The topological polar surface area (TPSA) is 96.9 Å². The van der Waals surface area contributed by atoms with Crippen LogP contribution in [0.1, 0.15) is 0 Å². The number of rotatable bonds is 2. The molecule has 0 aliphatic heterocycles. The Bertz CT molecular complexity index is 930. The number of halogens is 1. The van der Waals surface area contributed by atoms with Crippen LogP contribution in [0, 0.1) is 10.7 Å². The number of para-hydroxylation sites is 1. The summed E-state index contributed by atoms with van der Waals surface area (Å²) in [6.07, 6.45) is 0. The predicted molar refractivity (Wildman–Crippen MR) is 72.1 cm³/mol. The van der Waals surface area contributed by atoms with Gasteiger partial charge >= 0.3 is 0 Å². The summed E-state index contributed by atoms with van der Waals surface area (Å²) < 4.78 is 19.6. The van der Waals surface area contributed by atoms with Gasteiger partial charge in [0.05, 0.1) is 0 Å². The number of nitrogens with one attached hydrogen (secondary N) is 1. The standard InChI is InChI=1S/C12H7FN4O3S/c13-6-3-1-2-4-7(6)17-9(19)5-8(18)10(16-17)11-14-15-12(21)20-11/h1-5,18H,(H,15,21). The van der Waals surface area contributed by atoms with Crippen molar-refractivity contribution in [2.45, 2.75) is 0 Å². The first-order valence-electron chi connectivity index (χ1n) is 5.70. The van der Waals surface area contributed by atoms with Crippen molar-refractivity contribution in [2.75, 3.05) is 0 Å². The summed E-state index contributed by atoms with van der Waals surface area (Å²) in [5.41, 5.74) is -0.890. The lowest BCUT2D eigenvalue weighted by molar-refractivity contribution is 0.462. The molecule has 0 fully saturated rings. The summed E-state index contributed by atoms with van der Waals surface area (Å²) in [6.45, 7) is 0. The Morgan fingerprint density at radius 1 is 1.38 bits per heavy atom. The zero-order chi connectivity index (χ0) is 15.0. The van der Waals surface area contributed by atoms with Gasteiger partial charge in [0.2, 0.25) is 0 Å². The van der Waals surface area contributed by atoms with Gasteiger partial charge in [-0.15, -0.1) is 5.10 Å². The molecule has 9 heteroatoms. The summed E-state index contributed by atoms with van der Waals surface area (Å²) in [4.78, 5) is 11.9. The highest BCUT2D eigenvalue weighted by molar-refractivity contribution is 7.71. The van der Waals surface area contributed by atoms with E-state index in [1.165, 1.54) is 18.2 Å². The minimum absolute atomic E-state index is 0.0187. The quantitative estimate of drug-likeness (QED) is 0.701. The number of nitrogens with zero attached hydrogens (tertiary/aromatic N) is 3. The molecule has 7 nitrogen and oxygen atoms in total. The number of H-pyrrole nitrogens is 1. The Labute approximate surface area is 121 Å². The van der Waals surface area contributed by atoms with Crippen molar-refractivity contribution in [2.24, 2.45) is 0 Å². The number of hydrogen-bond donors (Lipinski definition) is 2. The number of aromatic hydroxyl groups is 1. The molecule has 3 aromatic rings. The Hall–Kier alpha value is -2.81. The van der Waals surface area contributed by atoms with Gasteiger partial charge in [-0.05, 0) is 24.4 Å². The summed E-state index contributed by atoms with van der Waals surface area (Å²) in [5, 5.41) is 19.7. The van der Waals surface area contributed by atoms with Crippen molar-refractivity contribution >= 4 is 12.2 Å². The van der Waals surface area contributed by atoms with Gasteiger partial charge in [-0.1, -0.05) is 12.1 Å². The molecule has 0 unspecified atom stereocenters. The van der Waals surface area contributed by atoms with Crippen LogP contribution in [0.4, 0.5) is 4.39 Å². The summed E-state index contributed by atoms with van der Waals surface area (Å²) in [6, 6.07) is 6.50. The van der Waals surface area contributed by atoms with Crippen LogP contribution in [0.2, 0.25) is 0 Å². The van der Waals surface area contributed by atoms with Crippen molar-refractivity contribution in [3.8, 4) is 23.0 Å². The van der Waals surface area contributed by atoms with Gasteiger partial charge in [0.1, 0.15) is 11.5 Å². The van der Waals surface area contributed by atoms with E-state index in [0.717, 1.165) is 10.7 Å². The number of aromatic nitrogens is 4. The highest BCUT2D eigenvalue weighted by Gasteiger charge is 2.17. The van der Waals surface area contributed by atoms with E-state index < -0.39 is 17.1 Å². The normalized spacial score (nSPS) is 10.7. The van der Waals surface area contributed by atoms with Crippen LogP contribution in [0.25, 0.3) is 17.3 Å². The lowest BCUT2D eigenvalue weighted by Crippen LogP contribution is -2.21. The lowest BCUT2D eigenvalue weighted by Gasteiger charge is -2.07. The Balaban J connectivity index is 2.26. The van der Waals surface area contributed by atoms with Crippen LogP contribution in [0.5, 0.6) is 5.75 Å². The highest BCUT2D eigenvalue weighted by atomic mass is 32.1. The van der Waals surface area contributed by atoms with Gasteiger partial charge < -0.3 is 9.52 Å². The first-order chi connectivity index (χ1) is 10.1. The smallest absolute Gasteiger partial charge is 0.284 e. The predicted octanol–water partition coefficient (Wildman–Crippen LogP) is 1.79. The lowest BCUT2D eigenvalue weighted by atomic mass is 10.3. The molecular formula is C12H7FN4O3S. The largest absolute Gasteiger partial charge is 0.505 e. The van der Waals surface area contributed by atoms with Crippen molar-refractivity contribution in [1.82, 2.24) is 20.0 Å². The third-order valence-electron chi connectivity index (χ3n) is 2.63. The first-order valence-corrected chi connectivity index (χ1v) is 6.11. The molecule has 0 saturated heterocycles. The molecule has 0 spiro atoms. The maximum absolute atomic E-state index is 13.8. The van der Waals surface area contributed by atoms with Crippen LogP contribution in [0.15, 0.2) is 39.5 Å². The molecular weight excluding hydrogens is 299 g/mol. The van der Waals surface area contributed by atoms with Gasteiger partial charge in [-0.25, -0.2) is 9.49 Å². The monoisotopic (exact) mass is 306 g/mol. The number of benzene rings is 1. The van der Waals surface area contributed by atoms with Crippen molar-refractivity contribution < 1.29 is 13.9 Å². The minimum Gasteiger partial charge on any atom is -0.505 e. The van der Waals surface area contributed by atoms with E-state index in [2.05, 4.69) is 15.3 Å². The molecule has 1 aromatic carbocycles. The van der Waals surface area contributed by atoms with E-state index in [-0.39, 0.29) is 22.1 Å². The van der Waals surface area contributed by atoms with Crippen LogP contribution < -0.4 is 5.56 Å². The highest BCUT2D eigenvalue weighted by Crippen LogP contribution is 2.23. The van der Waals surface area contributed by atoms with Crippen LogP contribution in [0.3, 0.4) is 0 Å². The van der Waals surface area contributed by atoms with E-state index in [9.17, 15) is 14.3 Å². The summed E-state index contributed by atoms with van der Waals surface area (Å²) >= 11 is 4.73. The Morgan fingerprint density at radius 2 is 2.14 bits per heavy atom. The Kier molecular flexibility index (Phi) is 3.10. The van der Waals surface area contributed by atoms with E-state index in [1.54, 1.807) is 6.07 Å². The molecule has 2 heterocycles. The number of aromatic amines is 1. The third-order valence-corrected chi connectivity index (χ3v) is 2.81. The summed E-state index contributed by atoms with van der Waals surface area (Å²) in [7, 11) is 0. The molecule has 0 amide bonds. The second kappa shape index (κ2) is 4.94. The van der Waals surface area contributed by atoms with Crippen LogP contribution in [-0.4, -0.2) is 25.1 Å². The SMILES string of the molecule is O=c1cc(O)c(-c2n[nH]c(=S)o2)nn1-c1ccccc1F. The van der Waals surface area contributed by atoms with E-state index >= 15 is 0 Å². The fraction of sp³-hybridized carbons (Fsp3) is 0. The van der Waals surface area contributed by atoms with Gasteiger partial charge in [0.15, 0.2) is 11.4 Å². The van der Waals surface area contributed by atoms with E-state index in [0.29, 0.717) is 0 Å². The molecule has 2 aromatic heterocycles. The minimum atomic E-state index is -0.699. The molecule has 0 aliphatic rings. The van der Waals surface area contributed by atoms with E-state index in [1.807, 2.05) is 0 Å². The number of hydrogen-bond acceptors (Lipinski definition) is 6. The zero-order valence-electron chi connectivity index (χ0n) is 10.3. The van der Waals surface area contributed by atoms with E-state index in [4.69, 9.17) is 16.6 Å². The fourth-order valence-electron chi connectivity index (χ4n) is 1.73. The average molecular weight is 306 g/mol.